The van der Waals surface area contributed by atoms with Gasteiger partial charge in [0, 0.05) is 18.8 Å². The van der Waals surface area contributed by atoms with Crippen LogP contribution in [0, 0.1) is 5.92 Å². The van der Waals surface area contributed by atoms with Crippen LogP contribution in [0.2, 0.25) is 0 Å². The van der Waals surface area contributed by atoms with E-state index in [2.05, 4.69) is 10.6 Å². The van der Waals surface area contributed by atoms with Crippen molar-refractivity contribution in [2.45, 2.75) is 38.5 Å². The number of Topliss-reactive ketones (excluding diaryl/α,β-unsaturated/α-hetero) is 1. The van der Waals surface area contributed by atoms with Gasteiger partial charge in [0.15, 0.2) is 0 Å². The number of urea groups is 1. The lowest BCUT2D eigenvalue weighted by Crippen LogP contribution is -2.57. The molecule has 1 aromatic carbocycles. The molecule has 23 heavy (non-hydrogen) atoms. The first-order valence-electron chi connectivity index (χ1n) is 7.75. The Bertz CT molecular complexity index is 592. The lowest BCUT2D eigenvalue weighted by Gasteiger charge is -2.28. The van der Waals surface area contributed by atoms with E-state index in [4.69, 9.17) is 0 Å². The summed E-state index contributed by atoms with van der Waals surface area (Å²) in [7, 11) is 0. The van der Waals surface area contributed by atoms with Gasteiger partial charge in [0.1, 0.15) is 11.7 Å². The van der Waals surface area contributed by atoms with E-state index in [-0.39, 0.29) is 12.2 Å². The summed E-state index contributed by atoms with van der Waals surface area (Å²) in [5.41, 5.74) is 0.738. The van der Waals surface area contributed by atoms with E-state index in [1.165, 1.54) is 0 Å². The van der Waals surface area contributed by atoms with Gasteiger partial charge in [-0.15, -0.1) is 0 Å². The highest BCUT2D eigenvalue weighted by Crippen LogP contribution is 2.30. The minimum Gasteiger partial charge on any atom is -0.300 e. The molecule has 2 rings (SSSR count). The molecule has 0 aromatic heterocycles. The first-order valence-corrected chi connectivity index (χ1v) is 7.75. The second-order valence-electron chi connectivity index (χ2n) is 5.65. The number of hydrogen-bond donors (Lipinski definition) is 2. The first kappa shape index (κ1) is 16.9. The summed E-state index contributed by atoms with van der Waals surface area (Å²) in [4.78, 5) is 47.6. The highest BCUT2D eigenvalue weighted by Gasteiger charge is 2.41. The van der Waals surface area contributed by atoms with Gasteiger partial charge < -0.3 is 0 Å². The predicted molar refractivity (Wildman–Crippen MR) is 83.5 cm³/mol. The number of carbonyl (C=O) groups excluding carboxylic acids is 4. The second-order valence-corrected chi connectivity index (χ2v) is 5.65. The Hall–Kier alpha value is -2.50. The van der Waals surface area contributed by atoms with Gasteiger partial charge in [0.25, 0.3) is 0 Å². The highest BCUT2D eigenvalue weighted by atomic mass is 16.2. The lowest BCUT2D eigenvalue weighted by molar-refractivity contribution is -0.137. The number of benzene rings is 1. The van der Waals surface area contributed by atoms with E-state index in [1.54, 1.807) is 24.3 Å². The summed E-state index contributed by atoms with van der Waals surface area (Å²) in [6.07, 6.45) is 2.21. The van der Waals surface area contributed by atoms with Gasteiger partial charge in [0.2, 0.25) is 11.8 Å². The second kappa shape index (κ2) is 7.67. The molecular formula is C17H20N2O4. The molecule has 0 unspecified atom stereocenters. The molecule has 1 aliphatic rings. The number of rotatable bonds is 7. The number of nitrogens with one attached hydrogen (secondary N) is 2. The van der Waals surface area contributed by atoms with Crippen molar-refractivity contribution in [2.75, 3.05) is 0 Å². The molecule has 0 saturated carbocycles. The fourth-order valence-electron chi connectivity index (χ4n) is 2.74. The zero-order chi connectivity index (χ0) is 16.8. The van der Waals surface area contributed by atoms with Gasteiger partial charge in [-0.3, -0.25) is 25.0 Å². The quantitative estimate of drug-likeness (QED) is 0.751. The molecule has 1 heterocycles. The number of hydrogen-bond acceptors (Lipinski definition) is 4. The van der Waals surface area contributed by atoms with Crippen molar-refractivity contribution in [1.29, 1.82) is 0 Å². The Morgan fingerprint density at radius 1 is 1.09 bits per heavy atom. The molecule has 122 valence electrons. The molecule has 0 radical (unpaired) electrons. The Morgan fingerprint density at radius 3 is 2.26 bits per heavy atom. The van der Waals surface area contributed by atoms with Crippen LogP contribution in [-0.4, -0.2) is 23.6 Å². The van der Waals surface area contributed by atoms with Crippen LogP contribution in [0.4, 0.5) is 4.79 Å². The normalized spacial score (nSPS) is 16.7. The average molecular weight is 316 g/mol. The molecule has 4 amide bonds. The van der Waals surface area contributed by atoms with E-state index < -0.39 is 29.7 Å². The van der Waals surface area contributed by atoms with Crippen LogP contribution < -0.4 is 10.6 Å². The summed E-state index contributed by atoms with van der Waals surface area (Å²) in [6, 6.07) is 8.17. The standard InChI is InChI=1S/C17H20N2O4/c1-2-3-9-12(20)10-13(11-7-5-4-6-8-11)14-15(21)18-17(23)19-16(14)22/h4-8,13-14H,2-3,9-10H2,1H3,(H2,18,19,21,22,23)/t13-/m0/s1. The van der Waals surface area contributed by atoms with Gasteiger partial charge in [-0.1, -0.05) is 43.7 Å². The zero-order valence-electron chi connectivity index (χ0n) is 13.0. The summed E-state index contributed by atoms with van der Waals surface area (Å²) in [6.45, 7) is 2.00. The van der Waals surface area contributed by atoms with Gasteiger partial charge in [-0.05, 0) is 12.0 Å². The molecule has 6 heteroatoms. The van der Waals surface area contributed by atoms with Gasteiger partial charge >= 0.3 is 6.03 Å². The Balaban J connectivity index is 2.26. The fraction of sp³-hybridized carbons (Fsp3) is 0.412. The fourth-order valence-corrected chi connectivity index (χ4v) is 2.74. The third kappa shape index (κ3) is 4.25. The maximum Gasteiger partial charge on any atom is 0.328 e. The minimum atomic E-state index is -1.08. The Labute approximate surface area is 134 Å². The molecule has 0 bridgehead atoms. The van der Waals surface area contributed by atoms with E-state index in [0.717, 1.165) is 18.4 Å². The third-order valence-electron chi connectivity index (χ3n) is 3.93. The predicted octanol–water partition coefficient (Wildman–Crippen LogP) is 1.90. The van der Waals surface area contributed by atoms with Crippen molar-refractivity contribution in [2.24, 2.45) is 5.92 Å². The molecule has 1 aliphatic heterocycles. The van der Waals surface area contributed by atoms with E-state index in [1.807, 2.05) is 13.0 Å². The van der Waals surface area contributed by atoms with Crippen molar-refractivity contribution < 1.29 is 19.2 Å². The van der Waals surface area contributed by atoms with Crippen LogP contribution >= 0.6 is 0 Å². The smallest absolute Gasteiger partial charge is 0.300 e. The Morgan fingerprint density at radius 2 is 1.70 bits per heavy atom. The SMILES string of the molecule is CCCCC(=O)C[C@@H](c1ccccc1)C1C(=O)NC(=O)NC1=O. The topological polar surface area (TPSA) is 92.3 Å². The Kier molecular flexibility index (Phi) is 5.62. The maximum atomic E-state index is 12.2. The van der Waals surface area contributed by atoms with Crippen molar-refractivity contribution >= 4 is 23.6 Å². The number of amides is 4. The highest BCUT2D eigenvalue weighted by molar-refractivity contribution is 6.16. The van der Waals surface area contributed by atoms with Crippen molar-refractivity contribution in [3.8, 4) is 0 Å². The first-order chi connectivity index (χ1) is 11.0. The maximum absolute atomic E-state index is 12.2. The van der Waals surface area contributed by atoms with Crippen LogP contribution in [-0.2, 0) is 14.4 Å². The van der Waals surface area contributed by atoms with Crippen LogP contribution in [0.25, 0.3) is 0 Å². The monoisotopic (exact) mass is 316 g/mol. The van der Waals surface area contributed by atoms with Crippen molar-refractivity contribution in [3.63, 3.8) is 0 Å². The zero-order valence-corrected chi connectivity index (χ0v) is 13.0. The van der Waals surface area contributed by atoms with Gasteiger partial charge in [0.05, 0.1) is 0 Å². The number of ketones is 1. The summed E-state index contributed by atoms with van der Waals surface area (Å²) in [5, 5.41) is 4.21. The van der Waals surface area contributed by atoms with Crippen LogP contribution in [0.15, 0.2) is 30.3 Å². The molecule has 1 aromatic rings. The van der Waals surface area contributed by atoms with Gasteiger partial charge in [-0.2, -0.15) is 0 Å². The average Bonchev–Trinajstić information content (AvgIpc) is 2.52. The molecule has 1 saturated heterocycles. The summed E-state index contributed by atoms with van der Waals surface area (Å²) in [5.74, 6) is -2.96. The number of carbonyl (C=O) groups is 4. The van der Waals surface area contributed by atoms with Crippen LogP contribution in [0.5, 0.6) is 0 Å². The minimum absolute atomic E-state index is 0.0122. The van der Waals surface area contributed by atoms with Gasteiger partial charge in [-0.25, -0.2) is 4.79 Å². The molecule has 2 N–H and O–H groups in total. The number of imide groups is 2. The molecule has 0 spiro atoms. The lowest BCUT2D eigenvalue weighted by atomic mass is 9.80. The molecule has 6 nitrogen and oxygen atoms in total. The van der Waals surface area contributed by atoms with Crippen molar-refractivity contribution in [1.82, 2.24) is 10.6 Å². The third-order valence-corrected chi connectivity index (χ3v) is 3.93. The van der Waals surface area contributed by atoms with E-state index >= 15 is 0 Å². The van der Waals surface area contributed by atoms with Crippen LogP contribution in [0.3, 0.4) is 0 Å². The molecule has 0 aliphatic carbocycles. The molecule has 1 fully saturated rings. The van der Waals surface area contributed by atoms with E-state index in [0.29, 0.717) is 6.42 Å². The number of barbiturate groups is 1. The summed E-state index contributed by atoms with van der Waals surface area (Å²) >= 11 is 0. The van der Waals surface area contributed by atoms with Crippen molar-refractivity contribution in [3.05, 3.63) is 35.9 Å². The number of unbranched alkanes of at least 4 members (excludes halogenated alkanes) is 1. The molecule has 1 atom stereocenters. The summed E-state index contributed by atoms with van der Waals surface area (Å²) < 4.78 is 0. The molecular weight excluding hydrogens is 296 g/mol. The van der Waals surface area contributed by atoms with E-state index in [9.17, 15) is 19.2 Å². The largest absolute Gasteiger partial charge is 0.328 e. The van der Waals surface area contributed by atoms with Crippen LogP contribution in [0.1, 0.15) is 44.1 Å².